The Hall–Kier alpha value is -0.850. The van der Waals surface area contributed by atoms with Crippen molar-refractivity contribution in [2.24, 2.45) is 0 Å². The molecule has 0 fully saturated rings. The molecule has 0 aliphatic carbocycles. The Labute approximate surface area is 69.7 Å². The zero-order chi connectivity index (χ0) is 8.53. The van der Waals surface area contributed by atoms with Crippen molar-refractivity contribution in [3.8, 4) is 0 Å². The van der Waals surface area contributed by atoms with Gasteiger partial charge in [-0.1, -0.05) is 18.2 Å². The molecule has 11 heavy (non-hydrogen) atoms. The fraction of sp³-hybridized carbons (Fsp3) is 0.500. The summed E-state index contributed by atoms with van der Waals surface area (Å²) in [4.78, 5) is 0. The third-order valence-electron chi connectivity index (χ3n) is 1.48. The molecule has 0 radical (unpaired) electrons. The van der Waals surface area contributed by atoms with Gasteiger partial charge >= 0.3 is 0 Å². The van der Waals surface area contributed by atoms with Crippen molar-refractivity contribution < 1.29 is 4.58 Å². The minimum Gasteiger partial charge on any atom is -0.239 e. The first kappa shape index (κ1) is 10.2. The summed E-state index contributed by atoms with van der Waals surface area (Å²) in [5, 5.41) is 0. The van der Waals surface area contributed by atoms with E-state index < -0.39 is 0 Å². The molecule has 62 valence electrons. The molecule has 0 N–H and O–H groups in total. The molecule has 0 atom stereocenters. The average molecular weight is 152 g/mol. The predicted octanol–water partition coefficient (Wildman–Crippen LogP) is 2.24. The van der Waals surface area contributed by atoms with Gasteiger partial charge in [0.25, 0.3) is 0 Å². The van der Waals surface area contributed by atoms with Crippen LogP contribution in [-0.4, -0.2) is 24.4 Å². The molecule has 0 heterocycles. The molecule has 0 saturated heterocycles. The topological polar surface area (TPSA) is 3.01 Å². The summed E-state index contributed by atoms with van der Waals surface area (Å²) in [6.07, 6.45) is 11.5. The third-order valence-corrected chi connectivity index (χ3v) is 1.48. The van der Waals surface area contributed by atoms with Crippen molar-refractivity contribution in [1.82, 2.24) is 0 Å². The van der Waals surface area contributed by atoms with Gasteiger partial charge in [-0.05, 0) is 26.3 Å². The molecule has 0 unspecified atom stereocenters. The second-order valence-corrected chi connectivity index (χ2v) is 2.46. The smallest absolute Gasteiger partial charge is 0.162 e. The van der Waals surface area contributed by atoms with Crippen LogP contribution in [0.5, 0.6) is 0 Å². The summed E-state index contributed by atoms with van der Waals surface area (Å²) in [5.74, 6) is 0. The van der Waals surface area contributed by atoms with Crippen molar-refractivity contribution in [2.45, 2.75) is 20.3 Å². The van der Waals surface area contributed by atoms with Crippen LogP contribution in [-0.2, 0) is 0 Å². The maximum atomic E-state index is 2.14. The highest BCUT2D eigenvalue weighted by atomic mass is 14.9. The van der Waals surface area contributed by atoms with E-state index >= 15 is 0 Å². The fourth-order valence-corrected chi connectivity index (χ4v) is 0.606. The van der Waals surface area contributed by atoms with Crippen molar-refractivity contribution in [3.63, 3.8) is 0 Å². The van der Waals surface area contributed by atoms with Crippen LogP contribution in [0.3, 0.4) is 0 Å². The second-order valence-electron chi connectivity index (χ2n) is 2.46. The summed E-state index contributed by atoms with van der Waals surface area (Å²) in [6, 6.07) is 0. The van der Waals surface area contributed by atoms with Crippen LogP contribution >= 0.6 is 0 Å². The zero-order valence-corrected chi connectivity index (χ0v) is 7.75. The van der Waals surface area contributed by atoms with Crippen molar-refractivity contribution >= 4 is 6.21 Å². The Morgan fingerprint density at radius 1 is 1.27 bits per heavy atom. The van der Waals surface area contributed by atoms with Crippen LogP contribution in [0, 0.1) is 0 Å². The van der Waals surface area contributed by atoms with E-state index in [1.807, 2.05) is 6.92 Å². The third kappa shape index (κ3) is 7.04. The van der Waals surface area contributed by atoms with Crippen LogP contribution in [0.2, 0.25) is 0 Å². The summed E-state index contributed by atoms with van der Waals surface area (Å²) in [6.45, 7) is 5.24. The molecule has 0 saturated carbocycles. The maximum Gasteiger partial charge on any atom is 0.162 e. The summed E-state index contributed by atoms with van der Waals surface area (Å²) in [5.41, 5.74) is 0. The number of hydrogen-bond acceptors (Lipinski definition) is 0. The SMILES string of the molecule is C/C=C\C/C=C\C=[N+](C)CC. The van der Waals surface area contributed by atoms with Gasteiger partial charge in [-0.2, -0.15) is 0 Å². The van der Waals surface area contributed by atoms with Crippen molar-refractivity contribution in [1.29, 1.82) is 0 Å². The molecule has 0 aromatic rings. The number of allylic oxidation sites excluding steroid dienone is 4. The molecule has 0 aromatic carbocycles. The summed E-state index contributed by atoms with van der Waals surface area (Å²) < 4.78 is 2.14. The first-order chi connectivity index (χ1) is 5.31. The minimum absolute atomic E-state index is 1.03. The molecule has 1 heteroatoms. The van der Waals surface area contributed by atoms with Gasteiger partial charge in [0.1, 0.15) is 13.6 Å². The van der Waals surface area contributed by atoms with E-state index in [-0.39, 0.29) is 0 Å². The lowest BCUT2D eigenvalue weighted by molar-refractivity contribution is -0.487. The summed E-state index contributed by atoms with van der Waals surface area (Å²) >= 11 is 0. The standard InChI is InChI=1S/C10H18N/c1-4-6-7-8-9-10-11(3)5-2/h4,6,8-10H,5,7H2,1-3H3/q+1/b6-4-,9-8-,11-10?. The van der Waals surface area contributed by atoms with E-state index in [4.69, 9.17) is 0 Å². The first-order valence-corrected chi connectivity index (χ1v) is 4.12. The van der Waals surface area contributed by atoms with E-state index in [0.717, 1.165) is 13.0 Å². The molecule has 0 aliphatic heterocycles. The minimum atomic E-state index is 1.03. The molecule has 0 spiro atoms. The lowest BCUT2D eigenvalue weighted by Crippen LogP contribution is -2.03. The number of nitrogens with zero attached hydrogens (tertiary/aromatic N) is 1. The van der Waals surface area contributed by atoms with Gasteiger partial charge < -0.3 is 0 Å². The van der Waals surface area contributed by atoms with Crippen LogP contribution < -0.4 is 0 Å². The number of hydrogen-bond donors (Lipinski definition) is 0. The van der Waals surface area contributed by atoms with Gasteiger partial charge in [0.2, 0.25) is 0 Å². The lowest BCUT2D eigenvalue weighted by Gasteiger charge is -1.85. The van der Waals surface area contributed by atoms with E-state index in [1.165, 1.54) is 0 Å². The quantitative estimate of drug-likeness (QED) is 0.330. The first-order valence-electron chi connectivity index (χ1n) is 4.12. The summed E-state index contributed by atoms with van der Waals surface area (Å²) in [7, 11) is 2.07. The second kappa shape index (κ2) is 7.26. The lowest BCUT2D eigenvalue weighted by atomic mass is 10.3. The fourth-order valence-electron chi connectivity index (χ4n) is 0.606. The highest BCUT2D eigenvalue weighted by Crippen LogP contribution is 1.83. The van der Waals surface area contributed by atoms with Gasteiger partial charge in [-0.3, -0.25) is 0 Å². The number of rotatable bonds is 4. The maximum absolute atomic E-state index is 2.14. The molecule has 0 amide bonds. The molecular formula is C10H18N+. The molecule has 0 rings (SSSR count). The zero-order valence-electron chi connectivity index (χ0n) is 7.75. The monoisotopic (exact) mass is 152 g/mol. The highest BCUT2D eigenvalue weighted by Gasteiger charge is 1.82. The van der Waals surface area contributed by atoms with E-state index in [9.17, 15) is 0 Å². The molecule has 1 nitrogen and oxygen atoms in total. The largest absolute Gasteiger partial charge is 0.239 e. The van der Waals surface area contributed by atoms with Gasteiger partial charge in [-0.25, -0.2) is 4.58 Å². The van der Waals surface area contributed by atoms with Gasteiger partial charge in [0, 0.05) is 0 Å². The molecule has 0 aromatic heterocycles. The van der Waals surface area contributed by atoms with Crippen LogP contribution in [0.4, 0.5) is 0 Å². The van der Waals surface area contributed by atoms with E-state index in [0.29, 0.717) is 0 Å². The Morgan fingerprint density at radius 3 is 2.55 bits per heavy atom. The Morgan fingerprint density at radius 2 is 2.00 bits per heavy atom. The Bertz CT molecular complexity index is 164. The van der Waals surface area contributed by atoms with Gasteiger partial charge in [0.05, 0.1) is 0 Å². The van der Waals surface area contributed by atoms with Crippen LogP contribution in [0.15, 0.2) is 24.3 Å². The van der Waals surface area contributed by atoms with E-state index in [2.05, 4.69) is 49.1 Å². The van der Waals surface area contributed by atoms with Crippen LogP contribution in [0.25, 0.3) is 0 Å². The highest BCUT2D eigenvalue weighted by molar-refractivity contribution is 5.65. The van der Waals surface area contributed by atoms with Gasteiger partial charge in [-0.15, -0.1) is 0 Å². The van der Waals surface area contributed by atoms with Crippen molar-refractivity contribution in [2.75, 3.05) is 13.6 Å². The molecule has 0 bridgehead atoms. The average Bonchev–Trinajstić information content (AvgIpc) is 2.04. The van der Waals surface area contributed by atoms with Crippen LogP contribution in [0.1, 0.15) is 20.3 Å². The molecular weight excluding hydrogens is 134 g/mol. The predicted molar refractivity (Wildman–Crippen MR) is 51.4 cm³/mol. The van der Waals surface area contributed by atoms with Crippen molar-refractivity contribution in [3.05, 3.63) is 24.3 Å². The Balaban J connectivity index is 3.58. The van der Waals surface area contributed by atoms with E-state index in [1.54, 1.807) is 0 Å². The molecule has 0 aliphatic rings. The normalized spacial score (nSPS) is 13.5. The van der Waals surface area contributed by atoms with Gasteiger partial charge in [0.15, 0.2) is 6.21 Å². The Kier molecular flexibility index (Phi) is 6.70.